The van der Waals surface area contributed by atoms with Crippen molar-refractivity contribution in [3.8, 4) is 0 Å². The van der Waals surface area contributed by atoms with E-state index in [-0.39, 0.29) is 4.90 Å². The zero-order chi connectivity index (χ0) is 13.8. The molecule has 1 N–H and O–H groups in total. The number of hydrogen-bond acceptors (Lipinski definition) is 2. The fourth-order valence-corrected chi connectivity index (χ4v) is 3.53. The van der Waals surface area contributed by atoms with E-state index in [1.165, 1.54) is 12.1 Å². The van der Waals surface area contributed by atoms with Crippen molar-refractivity contribution in [2.75, 3.05) is 12.4 Å². The minimum Gasteiger partial charge on any atom is -0.211 e. The molecule has 3 nitrogen and oxygen atoms in total. The Labute approximate surface area is 112 Å². The molecule has 0 aliphatic rings. The van der Waals surface area contributed by atoms with Crippen LogP contribution in [0.15, 0.2) is 17.0 Å². The van der Waals surface area contributed by atoms with Crippen molar-refractivity contribution in [1.82, 2.24) is 4.72 Å². The Morgan fingerprint density at radius 2 is 1.78 bits per heavy atom. The molecule has 1 aromatic rings. The maximum absolute atomic E-state index is 13.1. The molecular weight excluding hydrogens is 277 g/mol. The van der Waals surface area contributed by atoms with Crippen LogP contribution in [0.4, 0.5) is 4.39 Å². The van der Waals surface area contributed by atoms with Crippen molar-refractivity contribution in [3.63, 3.8) is 0 Å². The molecule has 0 unspecified atom stereocenters. The van der Waals surface area contributed by atoms with Gasteiger partial charge in [-0.3, -0.25) is 0 Å². The summed E-state index contributed by atoms with van der Waals surface area (Å²) in [5.74, 6) is 0.0853. The Hall–Kier alpha value is -0.650. The topological polar surface area (TPSA) is 46.2 Å². The molecule has 0 radical (unpaired) electrons. The van der Waals surface area contributed by atoms with Gasteiger partial charge in [-0.1, -0.05) is 0 Å². The standard InChI is InChI=1S/C12H17ClFNO2S/c1-9-7-11(14)8-10(2)12(9)18(16,17)15-6-4-3-5-13/h7-8,15H,3-6H2,1-2H3. The molecule has 0 amide bonds. The fraction of sp³-hybridized carbons (Fsp3) is 0.500. The molecule has 0 saturated heterocycles. The van der Waals surface area contributed by atoms with Crippen molar-refractivity contribution in [2.45, 2.75) is 31.6 Å². The minimum absolute atomic E-state index is 0.162. The van der Waals surface area contributed by atoms with E-state index in [4.69, 9.17) is 11.6 Å². The first-order chi connectivity index (χ1) is 8.38. The summed E-state index contributed by atoms with van der Waals surface area (Å²) in [4.78, 5) is 0.162. The van der Waals surface area contributed by atoms with Gasteiger partial charge in [0, 0.05) is 12.4 Å². The smallest absolute Gasteiger partial charge is 0.211 e. The lowest BCUT2D eigenvalue weighted by Gasteiger charge is -2.12. The van der Waals surface area contributed by atoms with Crippen LogP contribution in [0, 0.1) is 19.7 Å². The van der Waals surface area contributed by atoms with Gasteiger partial charge in [0.25, 0.3) is 0 Å². The minimum atomic E-state index is -3.58. The molecule has 0 saturated carbocycles. The molecule has 0 bridgehead atoms. The third-order valence-electron chi connectivity index (χ3n) is 2.55. The third-order valence-corrected chi connectivity index (χ3v) is 4.58. The summed E-state index contributed by atoms with van der Waals surface area (Å²) in [6.45, 7) is 3.51. The number of alkyl halides is 1. The van der Waals surface area contributed by atoms with E-state index < -0.39 is 15.8 Å². The lowest BCUT2D eigenvalue weighted by molar-refractivity contribution is 0.576. The first-order valence-corrected chi connectivity index (χ1v) is 7.72. The van der Waals surface area contributed by atoms with Crippen LogP contribution in [0.5, 0.6) is 0 Å². The van der Waals surface area contributed by atoms with Crippen LogP contribution in [-0.2, 0) is 10.0 Å². The van der Waals surface area contributed by atoms with Crippen molar-refractivity contribution < 1.29 is 12.8 Å². The Bertz CT molecular complexity index is 494. The van der Waals surface area contributed by atoms with Crippen LogP contribution < -0.4 is 4.72 Å². The Morgan fingerprint density at radius 3 is 2.28 bits per heavy atom. The van der Waals surface area contributed by atoms with Gasteiger partial charge in [-0.05, 0) is 49.9 Å². The van der Waals surface area contributed by atoms with Crippen LogP contribution in [0.2, 0.25) is 0 Å². The van der Waals surface area contributed by atoms with E-state index in [1.807, 2.05) is 0 Å². The largest absolute Gasteiger partial charge is 0.241 e. The molecule has 0 aromatic heterocycles. The molecular formula is C12H17ClFNO2S. The Morgan fingerprint density at radius 1 is 1.22 bits per heavy atom. The third kappa shape index (κ3) is 3.93. The van der Waals surface area contributed by atoms with Gasteiger partial charge in [0.05, 0.1) is 4.90 Å². The molecule has 0 heterocycles. The van der Waals surface area contributed by atoms with Gasteiger partial charge < -0.3 is 0 Å². The lowest BCUT2D eigenvalue weighted by Crippen LogP contribution is -2.26. The fourth-order valence-electron chi connectivity index (χ4n) is 1.82. The number of rotatable bonds is 6. The van der Waals surface area contributed by atoms with Crippen molar-refractivity contribution in [2.24, 2.45) is 0 Å². The first-order valence-electron chi connectivity index (χ1n) is 5.71. The molecule has 6 heteroatoms. The van der Waals surface area contributed by atoms with E-state index >= 15 is 0 Å². The summed E-state index contributed by atoms with van der Waals surface area (Å²) in [5.41, 5.74) is 0.828. The van der Waals surface area contributed by atoms with Crippen LogP contribution in [-0.4, -0.2) is 20.8 Å². The molecule has 1 rings (SSSR count). The normalized spacial score (nSPS) is 11.8. The van der Waals surface area contributed by atoms with Gasteiger partial charge in [0.1, 0.15) is 5.82 Å². The van der Waals surface area contributed by atoms with E-state index in [9.17, 15) is 12.8 Å². The first kappa shape index (κ1) is 15.4. The van der Waals surface area contributed by atoms with E-state index in [0.717, 1.165) is 6.42 Å². The lowest BCUT2D eigenvalue weighted by atomic mass is 10.1. The Kier molecular flexibility index (Phi) is 5.56. The van der Waals surface area contributed by atoms with Gasteiger partial charge in [-0.25, -0.2) is 17.5 Å². The molecule has 18 heavy (non-hydrogen) atoms. The Balaban J connectivity index is 2.92. The highest BCUT2D eigenvalue weighted by Gasteiger charge is 2.19. The van der Waals surface area contributed by atoms with Crippen molar-refractivity contribution in [3.05, 3.63) is 29.1 Å². The van der Waals surface area contributed by atoms with E-state index in [2.05, 4.69) is 4.72 Å². The zero-order valence-corrected chi connectivity index (χ0v) is 12.0. The zero-order valence-electron chi connectivity index (χ0n) is 10.5. The summed E-state index contributed by atoms with van der Waals surface area (Å²) < 4.78 is 39.8. The van der Waals surface area contributed by atoms with Gasteiger partial charge in [-0.15, -0.1) is 11.6 Å². The summed E-state index contributed by atoms with van der Waals surface area (Å²) in [5, 5.41) is 0. The second kappa shape index (κ2) is 6.50. The van der Waals surface area contributed by atoms with Gasteiger partial charge in [0.15, 0.2) is 0 Å². The van der Waals surface area contributed by atoms with Gasteiger partial charge >= 0.3 is 0 Å². The highest BCUT2D eigenvalue weighted by atomic mass is 35.5. The number of halogens is 2. The molecule has 0 spiro atoms. The number of benzene rings is 1. The number of sulfonamides is 1. The molecule has 102 valence electrons. The molecule has 1 aromatic carbocycles. The van der Waals surface area contributed by atoms with Gasteiger partial charge in [0.2, 0.25) is 10.0 Å². The number of nitrogens with one attached hydrogen (secondary N) is 1. The predicted octanol–water partition coefficient (Wildman–Crippen LogP) is 2.74. The number of aryl methyl sites for hydroxylation is 2. The number of hydrogen-bond donors (Lipinski definition) is 1. The molecule has 0 fully saturated rings. The van der Waals surface area contributed by atoms with Crippen LogP contribution in [0.25, 0.3) is 0 Å². The summed E-state index contributed by atoms with van der Waals surface area (Å²) in [6, 6.07) is 2.45. The van der Waals surface area contributed by atoms with Crippen molar-refractivity contribution >= 4 is 21.6 Å². The van der Waals surface area contributed by atoms with E-state index in [1.54, 1.807) is 13.8 Å². The average molecular weight is 294 g/mol. The highest BCUT2D eigenvalue weighted by molar-refractivity contribution is 7.89. The second-order valence-corrected chi connectivity index (χ2v) is 6.24. The monoisotopic (exact) mass is 293 g/mol. The van der Waals surface area contributed by atoms with Crippen LogP contribution in [0.3, 0.4) is 0 Å². The quantitative estimate of drug-likeness (QED) is 0.647. The molecule has 0 atom stereocenters. The summed E-state index contributed by atoms with van der Waals surface area (Å²) >= 11 is 5.52. The maximum Gasteiger partial charge on any atom is 0.241 e. The summed E-state index contributed by atoms with van der Waals surface area (Å²) in [6.07, 6.45) is 1.44. The second-order valence-electron chi connectivity index (χ2n) is 4.16. The predicted molar refractivity (Wildman–Crippen MR) is 71.0 cm³/mol. The highest BCUT2D eigenvalue weighted by Crippen LogP contribution is 2.21. The SMILES string of the molecule is Cc1cc(F)cc(C)c1S(=O)(=O)NCCCCCl. The summed E-state index contributed by atoms with van der Waals surface area (Å²) in [7, 11) is -3.58. The van der Waals surface area contributed by atoms with Crippen molar-refractivity contribution in [1.29, 1.82) is 0 Å². The molecule has 0 aliphatic heterocycles. The maximum atomic E-state index is 13.1. The van der Waals surface area contributed by atoms with Crippen LogP contribution >= 0.6 is 11.6 Å². The van der Waals surface area contributed by atoms with Crippen LogP contribution in [0.1, 0.15) is 24.0 Å². The van der Waals surface area contributed by atoms with Gasteiger partial charge in [-0.2, -0.15) is 0 Å². The number of unbranched alkanes of at least 4 members (excludes halogenated alkanes) is 1. The average Bonchev–Trinajstić information content (AvgIpc) is 2.22. The van der Waals surface area contributed by atoms with E-state index in [0.29, 0.717) is 30.0 Å². The molecule has 0 aliphatic carbocycles.